The lowest BCUT2D eigenvalue weighted by Crippen LogP contribution is -2.50. The molecule has 0 aromatic rings. The minimum absolute atomic E-state index is 0.0817. The topological polar surface area (TPSA) is 81.9 Å². The average molecular weight is 218 g/mol. The number of carbonyl (C=O) groups is 1. The summed E-state index contributed by atoms with van der Waals surface area (Å²) in [5, 5.41) is 11.5. The first kappa shape index (κ1) is 11.9. The zero-order chi connectivity index (χ0) is 11.5. The summed E-state index contributed by atoms with van der Waals surface area (Å²) < 4.78 is 4.94. The van der Waals surface area contributed by atoms with Crippen LogP contribution in [0.3, 0.4) is 0 Å². The van der Waals surface area contributed by atoms with Gasteiger partial charge in [0, 0.05) is 18.4 Å². The summed E-state index contributed by atoms with van der Waals surface area (Å²) in [4.78, 5) is 26.2. The van der Waals surface area contributed by atoms with Crippen LogP contribution in [0, 0.1) is 15.5 Å². The quantitative estimate of drug-likeness (QED) is 0.467. The van der Waals surface area contributed by atoms with Gasteiger partial charge in [0.2, 0.25) is 12.5 Å². The van der Waals surface area contributed by atoms with Crippen LogP contribution in [-0.2, 0) is 14.4 Å². The second kappa shape index (κ2) is 4.54. The SMILES string of the molecule is CON(C)C(=O)CC1(C[N+](=O)[O-])COC1. The monoisotopic (exact) mass is 218 g/mol. The average Bonchev–Trinajstić information content (AvgIpc) is 2.12. The predicted molar refractivity (Wildman–Crippen MR) is 49.5 cm³/mol. The predicted octanol–water partition coefficient (Wildman–Crippen LogP) is -0.310. The standard InChI is InChI=1S/C8H14N2O5/c1-9(14-2)7(11)3-8(4-10(12)13)5-15-6-8/h3-6H2,1-2H3. The van der Waals surface area contributed by atoms with E-state index in [0.717, 1.165) is 5.06 Å². The zero-order valence-corrected chi connectivity index (χ0v) is 8.76. The first-order valence-electron chi connectivity index (χ1n) is 4.49. The zero-order valence-electron chi connectivity index (χ0n) is 8.76. The minimum Gasteiger partial charge on any atom is -0.380 e. The van der Waals surface area contributed by atoms with E-state index in [4.69, 9.17) is 9.57 Å². The van der Waals surface area contributed by atoms with Crippen LogP contribution >= 0.6 is 0 Å². The molecule has 1 heterocycles. The molecule has 1 fully saturated rings. The van der Waals surface area contributed by atoms with Crippen molar-refractivity contribution in [3.05, 3.63) is 10.1 Å². The number of nitro groups is 1. The van der Waals surface area contributed by atoms with Crippen LogP contribution in [0.2, 0.25) is 0 Å². The van der Waals surface area contributed by atoms with E-state index >= 15 is 0 Å². The maximum atomic E-state index is 11.5. The van der Waals surface area contributed by atoms with E-state index in [-0.39, 0.29) is 32.1 Å². The first-order valence-corrected chi connectivity index (χ1v) is 4.49. The second-order valence-electron chi connectivity index (χ2n) is 3.73. The van der Waals surface area contributed by atoms with Crippen LogP contribution in [0.25, 0.3) is 0 Å². The highest BCUT2D eigenvalue weighted by atomic mass is 16.7. The number of hydrogen-bond donors (Lipinski definition) is 0. The van der Waals surface area contributed by atoms with Gasteiger partial charge in [0.25, 0.3) is 0 Å². The van der Waals surface area contributed by atoms with Crippen molar-refractivity contribution in [2.45, 2.75) is 6.42 Å². The van der Waals surface area contributed by atoms with E-state index in [1.165, 1.54) is 14.2 Å². The van der Waals surface area contributed by atoms with E-state index in [1.54, 1.807) is 0 Å². The Balaban J connectivity index is 2.53. The summed E-state index contributed by atoms with van der Waals surface area (Å²) in [6.07, 6.45) is 0.0817. The van der Waals surface area contributed by atoms with Crippen molar-refractivity contribution in [3.8, 4) is 0 Å². The normalized spacial score (nSPS) is 18.0. The highest BCUT2D eigenvalue weighted by Gasteiger charge is 2.45. The van der Waals surface area contributed by atoms with Gasteiger partial charge in [-0.25, -0.2) is 5.06 Å². The molecule has 15 heavy (non-hydrogen) atoms. The molecule has 0 spiro atoms. The molecule has 0 atom stereocenters. The maximum absolute atomic E-state index is 11.5. The molecular formula is C8H14N2O5. The number of rotatable bonds is 5. The Bertz CT molecular complexity index is 264. The Hall–Kier alpha value is -1.21. The van der Waals surface area contributed by atoms with Crippen LogP contribution in [0.1, 0.15) is 6.42 Å². The van der Waals surface area contributed by atoms with E-state index in [1.807, 2.05) is 0 Å². The molecule has 0 saturated carbocycles. The summed E-state index contributed by atoms with van der Waals surface area (Å²) in [6, 6.07) is 0. The van der Waals surface area contributed by atoms with Gasteiger partial charge in [0.05, 0.1) is 25.7 Å². The van der Waals surface area contributed by atoms with Crippen molar-refractivity contribution in [1.82, 2.24) is 5.06 Å². The third-order valence-electron chi connectivity index (χ3n) is 2.43. The molecule has 0 aromatic carbocycles. The van der Waals surface area contributed by atoms with Gasteiger partial charge < -0.3 is 4.74 Å². The van der Waals surface area contributed by atoms with Gasteiger partial charge in [-0.1, -0.05) is 0 Å². The maximum Gasteiger partial charge on any atom is 0.246 e. The molecule has 1 aliphatic heterocycles. The van der Waals surface area contributed by atoms with Crippen LogP contribution in [0.5, 0.6) is 0 Å². The molecule has 0 bridgehead atoms. The molecule has 86 valence electrons. The molecule has 0 radical (unpaired) electrons. The fraction of sp³-hybridized carbons (Fsp3) is 0.875. The van der Waals surface area contributed by atoms with Crippen molar-refractivity contribution in [2.24, 2.45) is 5.41 Å². The van der Waals surface area contributed by atoms with Crippen LogP contribution in [-0.4, -0.2) is 49.8 Å². The van der Waals surface area contributed by atoms with Gasteiger partial charge in [-0.05, 0) is 0 Å². The molecule has 0 N–H and O–H groups in total. The number of carbonyl (C=O) groups excluding carboxylic acids is 1. The van der Waals surface area contributed by atoms with Crippen LogP contribution < -0.4 is 0 Å². The van der Waals surface area contributed by atoms with Crippen LogP contribution in [0.4, 0.5) is 0 Å². The summed E-state index contributed by atoms with van der Waals surface area (Å²) in [7, 11) is 2.84. The lowest BCUT2D eigenvalue weighted by molar-refractivity contribution is -0.507. The highest BCUT2D eigenvalue weighted by Crippen LogP contribution is 2.32. The number of amides is 1. The molecule has 1 saturated heterocycles. The lowest BCUT2D eigenvalue weighted by Gasteiger charge is -2.37. The second-order valence-corrected chi connectivity index (χ2v) is 3.73. The third-order valence-corrected chi connectivity index (χ3v) is 2.43. The molecule has 0 aliphatic carbocycles. The smallest absolute Gasteiger partial charge is 0.246 e. The first-order chi connectivity index (χ1) is 6.99. The summed E-state index contributed by atoms with van der Waals surface area (Å²) in [6.45, 7) is 0.283. The summed E-state index contributed by atoms with van der Waals surface area (Å²) in [5.41, 5.74) is -0.645. The van der Waals surface area contributed by atoms with Gasteiger partial charge in [-0.15, -0.1) is 0 Å². The van der Waals surface area contributed by atoms with Crippen molar-refractivity contribution in [1.29, 1.82) is 0 Å². The Morgan fingerprint density at radius 1 is 1.67 bits per heavy atom. The molecule has 1 aliphatic rings. The number of hydrogen-bond acceptors (Lipinski definition) is 5. The van der Waals surface area contributed by atoms with Gasteiger partial charge in [-0.2, -0.15) is 0 Å². The number of hydroxylamine groups is 2. The fourth-order valence-corrected chi connectivity index (χ4v) is 1.45. The minimum atomic E-state index is -0.645. The summed E-state index contributed by atoms with van der Waals surface area (Å²) in [5.74, 6) is -0.275. The Morgan fingerprint density at radius 2 is 2.27 bits per heavy atom. The molecule has 0 aromatic heterocycles. The third kappa shape index (κ3) is 2.87. The van der Waals surface area contributed by atoms with Crippen molar-refractivity contribution in [3.63, 3.8) is 0 Å². The van der Waals surface area contributed by atoms with E-state index in [9.17, 15) is 14.9 Å². The largest absolute Gasteiger partial charge is 0.380 e. The molecule has 7 heteroatoms. The van der Waals surface area contributed by atoms with Crippen molar-refractivity contribution < 1.29 is 19.3 Å². The molecule has 1 rings (SSSR count). The lowest BCUT2D eigenvalue weighted by atomic mass is 9.82. The van der Waals surface area contributed by atoms with Gasteiger partial charge in [-0.3, -0.25) is 19.7 Å². The van der Waals surface area contributed by atoms with Gasteiger partial charge in [0.15, 0.2) is 0 Å². The van der Waals surface area contributed by atoms with Crippen molar-refractivity contribution in [2.75, 3.05) is 33.9 Å². The van der Waals surface area contributed by atoms with Gasteiger partial charge >= 0.3 is 0 Å². The van der Waals surface area contributed by atoms with E-state index < -0.39 is 10.3 Å². The Kier molecular flexibility index (Phi) is 3.59. The molecule has 0 unspecified atom stereocenters. The number of nitrogens with zero attached hydrogens (tertiary/aromatic N) is 2. The Morgan fingerprint density at radius 3 is 2.60 bits per heavy atom. The van der Waals surface area contributed by atoms with Crippen LogP contribution in [0.15, 0.2) is 0 Å². The Labute approximate surface area is 87.0 Å². The highest BCUT2D eigenvalue weighted by molar-refractivity contribution is 5.75. The summed E-state index contributed by atoms with van der Waals surface area (Å²) >= 11 is 0. The van der Waals surface area contributed by atoms with Crippen molar-refractivity contribution >= 4 is 5.91 Å². The van der Waals surface area contributed by atoms with E-state index in [0.29, 0.717) is 0 Å². The van der Waals surface area contributed by atoms with Gasteiger partial charge in [0.1, 0.15) is 0 Å². The fourth-order valence-electron chi connectivity index (χ4n) is 1.45. The van der Waals surface area contributed by atoms with E-state index in [2.05, 4.69) is 0 Å². The molecule has 7 nitrogen and oxygen atoms in total. The number of ether oxygens (including phenoxy) is 1. The molecule has 1 amide bonds. The molecular weight excluding hydrogens is 204 g/mol.